The molecule has 0 fully saturated rings. The van der Waals surface area contributed by atoms with Gasteiger partial charge in [-0.05, 0) is 56.3 Å². The van der Waals surface area contributed by atoms with Crippen LogP contribution >= 0.6 is 0 Å². The zero-order valence-electron chi connectivity index (χ0n) is 15.8. The van der Waals surface area contributed by atoms with Crippen LogP contribution in [0.25, 0.3) is 0 Å². The number of nitrogens with one attached hydrogen (secondary N) is 1. The fraction of sp³-hybridized carbons (Fsp3) is 0.182. The molecule has 0 bridgehead atoms. The number of rotatable bonds is 7. The predicted octanol–water partition coefficient (Wildman–Crippen LogP) is 4.62. The molecular formula is C22H22N2O4. The molecule has 3 aromatic rings. The maximum Gasteiger partial charge on any atom is 0.341 e. The van der Waals surface area contributed by atoms with Crippen molar-refractivity contribution in [3.63, 3.8) is 0 Å². The Balaban J connectivity index is 1.65. The van der Waals surface area contributed by atoms with Gasteiger partial charge in [-0.2, -0.15) is 0 Å². The zero-order chi connectivity index (χ0) is 19.9. The summed E-state index contributed by atoms with van der Waals surface area (Å²) in [7, 11) is 0. The Morgan fingerprint density at radius 3 is 2.29 bits per heavy atom. The molecule has 0 radical (unpaired) electrons. The monoisotopic (exact) mass is 378 g/mol. The van der Waals surface area contributed by atoms with E-state index < -0.39 is 5.97 Å². The number of benzene rings is 2. The first kappa shape index (κ1) is 19.2. The van der Waals surface area contributed by atoms with Crippen molar-refractivity contribution in [3.05, 3.63) is 78.8 Å². The van der Waals surface area contributed by atoms with Gasteiger partial charge < -0.3 is 19.4 Å². The van der Waals surface area contributed by atoms with Crippen LogP contribution in [0, 0.1) is 0 Å². The van der Waals surface area contributed by atoms with Gasteiger partial charge in [0, 0.05) is 23.1 Å². The SMILES string of the molecule is CC(C)N(C(=O)COC(=O)c1ccoc1)c1ccc(Nc2ccccc2)cc1. The van der Waals surface area contributed by atoms with Crippen molar-refractivity contribution in [1.29, 1.82) is 0 Å². The fourth-order valence-electron chi connectivity index (χ4n) is 2.78. The van der Waals surface area contributed by atoms with E-state index in [9.17, 15) is 9.59 Å². The third-order valence-corrected chi connectivity index (χ3v) is 4.08. The molecule has 28 heavy (non-hydrogen) atoms. The molecule has 0 aliphatic heterocycles. The van der Waals surface area contributed by atoms with Gasteiger partial charge in [0.15, 0.2) is 6.61 Å². The van der Waals surface area contributed by atoms with Crippen LogP contribution in [0.4, 0.5) is 17.1 Å². The summed E-state index contributed by atoms with van der Waals surface area (Å²) in [5.41, 5.74) is 2.91. The summed E-state index contributed by atoms with van der Waals surface area (Å²) >= 11 is 0. The number of carbonyl (C=O) groups excluding carboxylic acids is 2. The summed E-state index contributed by atoms with van der Waals surface area (Å²) in [6.45, 7) is 3.48. The van der Waals surface area contributed by atoms with Crippen molar-refractivity contribution < 1.29 is 18.7 Å². The molecule has 2 aromatic carbocycles. The largest absolute Gasteiger partial charge is 0.472 e. The van der Waals surface area contributed by atoms with Gasteiger partial charge in [0.1, 0.15) is 6.26 Å². The second-order valence-electron chi connectivity index (χ2n) is 6.48. The number of para-hydroxylation sites is 1. The molecule has 1 heterocycles. The van der Waals surface area contributed by atoms with E-state index in [1.807, 2.05) is 68.4 Å². The maximum atomic E-state index is 12.6. The summed E-state index contributed by atoms with van der Waals surface area (Å²) in [6, 6.07) is 18.8. The lowest BCUT2D eigenvalue weighted by atomic mass is 10.2. The number of ether oxygens (including phenoxy) is 1. The van der Waals surface area contributed by atoms with E-state index in [0.29, 0.717) is 0 Å². The van der Waals surface area contributed by atoms with E-state index in [1.165, 1.54) is 18.6 Å². The van der Waals surface area contributed by atoms with E-state index >= 15 is 0 Å². The Bertz CT molecular complexity index is 903. The minimum atomic E-state index is -0.590. The van der Waals surface area contributed by atoms with Crippen LogP contribution in [0.5, 0.6) is 0 Å². The fourth-order valence-corrected chi connectivity index (χ4v) is 2.78. The molecule has 1 amide bonds. The zero-order valence-corrected chi connectivity index (χ0v) is 15.8. The smallest absolute Gasteiger partial charge is 0.341 e. The number of furan rings is 1. The van der Waals surface area contributed by atoms with Gasteiger partial charge in [-0.1, -0.05) is 18.2 Å². The highest BCUT2D eigenvalue weighted by atomic mass is 16.5. The summed E-state index contributed by atoms with van der Waals surface area (Å²) in [4.78, 5) is 26.1. The highest BCUT2D eigenvalue weighted by molar-refractivity contribution is 5.97. The van der Waals surface area contributed by atoms with Crippen molar-refractivity contribution in [2.24, 2.45) is 0 Å². The summed E-state index contributed by atoms with van der Waals surface area (Å²) in [6.07, 6.45) is 2.66. The number of hydrogen-bond acceptors (Lipinski definition) is 5. The average Bonchev–Trinajstić information content (AvgIpc) is 3.23. The van der Waals surface area contributed by atoms with Crippen LogP contribution in [0.15, 0.2) is 77.6 Å². The lowest BCUT2D eigenvalue weighted by Crippen LogP contribution is -2.39. The molecule has 144 valence electrons. The third-order valence-electron chi connectivity index (χ3n) is 4.08. The molecule has 3 rings (SSSR count). The van der Waals surface area contributed by atoms with Crippen molar-refractivity contribution in [1.82, 2.24) is 0 Å². The standard InChI is InChI=1S/C22H22N2O4/c1-16(2)24(21(25)15-28-22(26)17-12-13-27-14-17)20-10-8-19(9-11-20)23-18-6-4-3-5-7-18/h3-14,16,23H,15H2,1-2H3. The summed E-state index contributed by atoms with van der Waals surface area (Å²) in [5.74, 6) is -0.885. The normalized spacial score (nSPS) is 10.5. The number of esters is 1. The van der Waals surface area contributed by atoms with Crippen molar-refractivity contribution in [2.45, 2.75) is 19.9 Å². The Morgan fingerprint density at radius 2 is 1.68 bits per heavy atom. The van der Waals surface area contributed by atoms with E-state index in [0.717, 1.165) is 17.1 Å². The number of hydrogen-bond donors (Lipinski definition) is 1. The van der Waals surface area contributed by atoms with Crippen molar-refractivity contribution in [3.8, 4) is 0 Å². The first-order valence-electron chi connectivity index (χ1n) is 8.98. The summed E-state index contributed by atoms with van der Waals surface area (Å²) in [5, 5.41) is 3.30. The second kappa shape index (κ2) is 8.90. The second-order valence-corrected chi connectivity index (χ2v) is 6.48. The predicted molar refractivity (Wildman–Crippen MR) is 108 cm³/mol. The van der Waals surface area contributed by atoms with Crippen molar-refractivity contribution in [2.75, 3.05) is 16.8 Å². The van der Waals surface area contributed by atoms with Gasteiger partial charge in [-0.15, -0.1) is 0 Å². The Hall–Kier alpha value is -3.54. The van der Waals surface area contributed by atoms with Gasteiger partial charge in [0.25, 0.3) is 5.91 Å². The number of carbonyl (C=O) groups is 2. The van der Waals surface area contributed by atoms with E-state index in [-0.39, 0.29) is 24.1 Å². The Labute approximate surface area is 163 Å². The highest BCUT2D eigenvalue weighted by Gasteiger charge is 2.21. The van der Waals surface area contributed by atoms with Crippen LogP contribution in [0.3, 0.4) is 0 Å². The molecule has 6 nitrogen and oxygen atoms in total. The molecule has 0 spiro atoms. The highest BCUT2D eigenvalue weighted by Crippen LogP contribution is 2.23. The van der Waals surface area contributed by atoms with E-state index in [4.69, 9.17) is 9.15 Å². The molecular weight excluding hydrogens is 356 g/mol. The molecule has 1 N–H and O–H groups in total. The van der Waals surface area contributed by atoms with Gasteiger partial charge in [0.2, 0.25) is 0 Å². The minimum absolute atomic E-state index is 0.0898. The quantitative estimate of drug-likeness (QED) is 0.607. The number of anilines is 3. The van der Waals surface area contributed by atoms with Crippen LogP contribution < -0.4 is 10.2 Å². The molecule has 0 saturated heterocycles. The molecule has 0 atom stereocenters. The molecule has 0 aliphatic carbocycles. The molecule has 6 heteroatoms. The Morgan fingerprint density at radius 1 is 1.00 bits per heavy atom. The van der Waals surface area contributed by atoms with Gasteiger partial charge in [-0.25, -0.2) is 4.79 Å². The topological polar surface area (TPSA) is 71.8 Å². The average molecular weight is 378 g/mol. The number of amides is 1. The lowest BCUT2D eigenvalue weighted by Gasteiger charge is -2.27. The number of nitrogens with zero attached hydrogens (tertiary/aromatic N) is 1. The van der Waals surface area contributed by atoms with Crippen molar-refractivity contribution >= 4 is 28.9 Å². The van der Waals surface area contributed by atoms with Gasteiger partial charge >= 0.3 is 5.97 Å². The lowest BCUT2D eigenvalue weighted by molar-refractivity contribution is -0.122. The first-order chi connectivity index (χ1) is 13.5. The van der Waals surface area contributed by atoms with Gasteiger partial charge in [0.05, 0.1) is 11.8 Å². The molecule has 0 aliphatic rings. The minimum Gasteiger partial charge on any atom is -0.472 e. The third kappa shape index (κ3) is 4.79. The Kier molecular flexibility index (Phi) is 6.11. The van der Waals surface area contributed by atoms with E-state index in [1.54, 1.807) is 4.90 Å². The van der Waals surface area contributed by atoms with Crippen LogP contribution in [-0.2, 0) is 9.53 Å². The molecule has 0 saturated carbocycles. The molecule has 0 unspecified atom stereocenters. The maximum absolute atomic E-state index is 12.6. The summed E-state index contributed by atoms with van der Waals surface area (Å²) < 4.78 is 9.95. The van der Waals surface area contributed by atoms with Crippen LogP contribution in [0.1, 0.15) is 24.2 Å². The first-order valence-corrected chi connectivity index (χ1v) is 8.98. The molecule has 1 aromatic heterocycles. The van der Waals surface area contributed by atoms with E-state index in [2.05, 4.69) is 5.32 Å². The van der Waals surface area contributed by atoms with Gasteiger partial charge in [-0.3, -0.25) is 4.79 Å². The van der Waals surface area contributed by atoms with Crippen LogP contribution in [-0.4, -0.2) is 24.5 Å². The van der Waals surface area contributed by atoms with Crippen LogP contribution in [0.2, 0.25) is 0 Å².